The van der Waals surface area contributed by atoms with Gasteiger partial charge >= 0.3 is 6.16 Å². The van der Waals surface area contributed by atoms with Crippen LogP contribution in [-0.4, -0.2) is 50.8 Å². The number of aliphatic hydroxyl groups excluding tert-OH is 1. The fourth-order valence-electron chi connectivity index (χ4n) is 3.86. The van der Waals surface area contributed by atoms with Crippen molar-refractivity contribution in [3.8, 4) is 6.07 Å². The third-order valence-electron chi connectivity index (χ3n) is 5.64. The van der Waals surface area contributed by atoms with Crippen molar-refractivity contribution in [3.63, 3.8) is 0 Å². The van der Waals surface area contributed by atoms with Gasteiger partial charge in [-0.1, -0.05) is 37.3 Å². The summed E-state index contributed by atoms with van der Waals surface area (Å²) in [5, 5.41) is 24.8. The van der Waals surface area contributed by atoms with Crippen LogP contribution in [-0.2, 0) is 20.6 Å². The number of anilines is 1. The summed E-state index contributed by atoms with van der Waals surface area (Å²) in [6.45, 7) is 1.40. The highest BCUT2D eigenvalue weighted by Gasteiger charge is 2.55. The molecule has 0 saturated carbocycles. The molecule has 0 aliphatic carbocycles. The molecular formula is C22H23N5O5. The smallest absolute Gasteiger partial charge is 0.434 e. The second kappa shape index (κ2) is 8.82. The molecule has 1 fully saturated rings. The first-order valence-electron chi connectivity index (χ1n) is 10.1. The highest BCUT2D eigenvalue weighted by atomic mass is 16.7. The maximum Gasteiger partial charge on any atom is 0.508 e. The van der Waals surface area contributed by atoms with E-state index in [1.54, 1.807) is 23.6 Å². The van der Waals surface area contributed by atoms with Gasteiger partial charge in [0.1, 0.15) is 36.7 Å². The van der Waals surface area contributed by atoms with E-state index in [0.717, 1.165) is 5.56 Å². The Labute approximate surface area is 184 Å². The fourth-order valence-corrected chi connectivity index (χ4v) is 3.86. The SMILES string of the molecule is C[C@H]1[C@H](c2ccc3c(N)ncnn23)O[C@](C#N)(COC(=O)OCCc2ccccc2)[C@H]1O. The Morgan fingerprint density at radius 3 is 2.84 bits per heavy atom. The van der Waals surface area contributed by atoms with Crippen molar-refractivity contribution in [2.45, 2.75) is 31.2 Å². The van der Waals surface area contributed by atoms with E-state index in [2.05, 4.69) is 10.1 Å². The molecule has 32 heavy (non-hydrogen) atoms. The van der Waals surface area contributed by atoms with Crippen LogP contribution in [0.15, 0.2) is 48.8 Å². The van der Waals surface area contributed by atoms with Crippen LogP contribution in [0.3, 0.4) is 0 Å². The number of nitrogens with two attached hydrogens (primary N) is 1. The van der Waals surface area contributed by atoms with Crippen LogP contribution in [0.2, 0.25) is 0 Å². The van der Waals surface area contributed by atoms with Crippen molar-refractivity contribution >= 4 is 17.5 Å². The molecule has 1 aliphatic heterocycles. The zero-order valence-corrected chi connectivity index (χ0v) is 17.4. The Morgan fingerprint density at radius 1 is 1.31 bits per heavy atom. The number of hydrogen-bond donors (Lipinski definition) is 2. The maximum absolute atomic E-state index is 12.0. The van der Waals surface area contributed by atoms with E-state index in [1.165, 1.54) is 6.33 Å². The quantitative estimate of drug-likeness (QED) is 0.553. The minimum absolute atomic E-state index is 0.127. The van der Waals surface area contributed by atoms with E-state index in [-0.39, 0.29) is 6.61 Å². The van der Waals surface area contributed by atoms with Crippen LogP contribution >= 0.6 is 0 Å². The van der Waals surface area contributed by atoms with Gasteiger partial charge in [-0.3, -0.25) is 0 Å². The number of aromatic nitrogens is 3. The van der Waals surface area contributed by atoms with E-state index in [9.17, 15) is 15.2 Å². The van der Waals surface area contributed by atoms with Crippen molar-refractivity contribution < 1.29 is 24.1 Å². The van der Waals surface area contributed by atoms with Gasteiger partial charge in [0, 0.05) is 12.3 Å². The summed E-state index contributed by atoms with van der Waals surface area (Å²) in [7, 11) is 0. The monoisotopic (exact) mass is 437 g/mol. The molecule has 1 aliphatic rings. The first-order chi connectivity index (χ1) is 15.4. The molecule has 2 aromatic heterocycles. The second-order valence-electron chi connectivity index (χ2n) is 7.67. The molecule has 4 atom stereocenters. The zero-order chi connectivity index (χ0) is 22.7. The summed E-state index contributed by atoms with van der Waals surface area (Å²) in [5.74, 6) is -0.188. The van der Waals surface area contributed by atoms with Gasteiger partial charge in [-0.2, -0.15) is 10.4 Å². The Kier molecular flexibility index (Phi) is 5.94. The lowest BCUT2D eigenvalue weighted by atomic mass is 9.90. The van der Waals surface area contributed by atoms with E-state index in [4.69, 9.17) is 19.9 Å². The normalized spacial score (nSPS) is 24.8. The number of nitrogens with zero attached hydrogens (tertiary/aromatic N) is 4. The van der Waals surface area contributed by atoms with Crippen LogP contribution in [0.25, 0.3) is 5.52 Å². The minimum Gasteiger partial charge on any atom is -0.434 e. The van der Waals surface area contributed by atoms with Gasteiger partial charge in [-0.15, -0.1) is 0 Å². The first kappa shape index (κ1) is 21.5. The van der Waals surface area contributed by atoms with E-state index >= 15 is 0 Å². The molecule has 0 radical (unpaired) electrons. The van der Waals surface area contributed by atoms with Crippen molar-refractivity contribution in [1.82, 2.24) is 14.6 Å². The lowest BCUT2D eigenvalue weighted by Crippen LogP contribution is -2.44. The number of rotatable bonds is 6. The number of nitrogen functional groups attached to an aromatic ring is 1. The third-order valence-corrected chi connectivity index (χ3v) is 5.64. The Balaban J connectivity index is 1.41. The third kappa shape index (κ3) is 3.95. The molecule has 1 saturated heterocycles. The predicted molar refractivity (Wildman–Crippen MR) is 112 cm³/mol. The summed E-state index contributed by atoms with van der Waals surface area (Å²) in [4.78, 5) is 16.0. The molecule has 10 heteroatoms. The van der Waals surface area contributed by atoms with Crippen LogP contribution < -0.4 is 5.73 Å². The summed E-state index contributed by atoms with van der Waals surface area (Å²) in [6, 6.07) is 15.0. The number of carbonyl (C=O) groups is 1. The van der Waals surface area contributed by atoms with Gasteiger partial charge in [-0.25, -0.2) is 14.3 Å². The number of aliphatic hydroxyl groups is 1. The molecule has 0 amide bonds. The highest BCUT2D eigenvalue weighted by molar-refractivity contribution is 5.65. The average Bonchev–Trinajstić information content (AvgIpc) is 3.34. The summed E-state index contributed by atoms with van der Waals surface area (Å²) in [5.41, 5.74) is 6.34. The molecule has 0 unspecified atom stereocenters. The summed E-state index contributed by atoms with van der Waals surface area (Å²) in [6.07, 6.45) is -0.979. The topological polar surface area (TPSA) is 145 Å². The molecule has 10 nitrogen and oxygen atoms in total. The average molecular weight is 437 g/mol. The Bertz CT molecular complexity index is 1140. The molecule has 166 valence electrons. The molecule has 0 bridgehead atoms. The second-order valence-corrected chi connectivity index (χ2v) is 7.67. The largest absolute Gasteiger partial charge is 0.508 e. The lowest BCUT2D eigenvalue weighted by molar-refractivity contribution is -0.0855. The molecule has 3 aromatic rings. The fraction of sp³-hybridized carbons (Fsp3) is 0.364. The van der Waals surface area contributed by atoms with Crippen LogP contribution in [0, 0.1) is 17.2 Å². The molecular weight excluding hydrogens is 414 g/mol. The zero-order valence-electron chi connectivity index (χ0n) is 17.4. The van der Waals surface area contributed by atoms with Crippen molar-refractivity contribution in [3.05, 3.63) is 60.0 Å². The minimum atomic E-state index is -1.74. The van der Waals surface area contributed by atoms with Gasteiger partial charge < -0.3 is 25.1 Å². The molecule has 3 N–H and O–H groups in total. The Morgan fingerprint density at radius 2 is 2.09 bits per heavy atom. The molecule has 0 spiro atoms. The van der Waals surface area contributed by atoms with Crippen molar-refractivity contribution in [2.75, 3.05) is 18.9 Å². The number of nitriles is 1. The number of benzene rings is 1. The van der Waals surface area contributed by atoms with Crippen molar-refractivity contribution in [2.24, 2.45) is 5.92 Å². The summed E-state index contributed by atoms with van der Waals surface area (Å²) < 4.78 is 17.7. The number of fused-ring (bicyclic) bond motifs is 1. The van der Waals surface area contributed by atoms with E-state index in [1.807, 2.05) is 36.4 Å². The van der Waals surface area contributed by atoms with Gasteiger partial charge in [0.25, 0.3) is 0 Å². The van der Waals surface area contributed by atoms with Gasteiger partial charge in [-0.05, 0) is 17.7 Å². The van der Waals surface area contributed by atoms with E-state index < -0.39 is 36.5 Å². The van der Waals surface area contributed by atoms with Crippen LogP contribution in [0.1, 0.15) is 24.3 Å². The Hall–Kier alpha value is -3.68. The molecule has 3 heterocycles. The van der Waals surface area contributed by atoms with Gasteiger partial charge in [0.05, 0.1) is 12.3 Å². The van der Waals surface area contributed by atoms with Crippen molar-refractivity contribution in [1.29, 1.82) is 5.26 Å². The summed E-state index contributed by atoms with van der Waals surface area (Å²) >= 11 is 0. The van der Waals surface area contributed by atoms with Crippen LogP contribution in [0.5, 0.6) is 0 Å². The van der Waals surface area contributed by atoms with E-state index in [0.29, 0.717) is 23.4 Å². The number of ether oxygens (including phenoxy) is 3. The maximum atomic E-state index is 12.0. The standard InChI is InChI=1S/C22H23N5O5/c1-14-18(16-7-8-17-20(24)25-13-26-27(16)17)32-22(11-23,19(14)28)12-31-21(29)30-10-9-15-5-3-2-4-6-15/h2-8,13-14,18-19,28H,9-10,12H2,1H3,(H2,24,25,26)/t14-,18+,19-,22+/m0/s1. The molecule has 1 aromatic carbocycles. The molecule has 4 rings (SSSR count). The number of carbonyl (C=O) groups excluding carboxylic acids is 1. The predicted octanol–water partition coefficient (Wildman–Crippen LogP) is 2.04. The van der Waals surface area contributed by atoms with Crippen LogP contribution in [0.4, 0.5) is 10.6 Å². The number of hydrogen-bond acceptors (Lipinski definition) is 9. The van der Waals surface area contributed by atoms with Gasteiger partial charge in [0.15, 0.2) is 5.82 Å². The lowest BCUT2D eigenvalue weighted by Gasteiger charge is -2.24. The first-order valence-corrected chi connectivity index (χ1v) is 10.1. The highest BCUT2D eigenvalue weighted by Crippen LogP contribution is 2.44. The van der Waals surface area contributed by atoms with Gasteiger partial charge in [0.2, 0.25) is 5.60 Å².